The van der Waals surface area contributed by atoms with Crippen LogP contribution in [0.1, 0.15) is 35.7 Å². The minimum absolute atomic E-state index is 0.219. The molecule has 0 amide bonds. The summed E-state index contributed by atoms with van der Waals surface area (Å²) >= 11 is 1.78. The number of hydrogen-bond acceptors (Lipinski definition) is 4. The highest BCUT2D eigenvalue weighted by molar-refractivity contribution is 7.10. The molecule has 1 unspecified atom stereocenters. The van der Waals surface area contributed by atoms with Crippen LogP contribution in [0.4, 0.5) is 0 Å². The Kier molecular flexibility index (Phi) is 4.52. The molecule has 1 atom stereocenters. The quantitative estimate of drug-likeness (QED) is 0.621. The first-order chi connectivity index (χ1) is 8.76. The molecule has 2 heterocycles. The molecule has 0 aliphatic rings. The molecule has 2 rings (SSSR count). The van der Waals surface area contributed by atoms with Crippen molar-refractivity contribution in [2.24, 2.45) is 12.9 Å². The number of aromatic nitrogens is 2. The summed E-state index contributed by atoms with van der Waals surface area (Å²) in [5, 5.41) is 2.14. The van der Waals surface area contributed by atoms with E-state index in [4.69, 9.17) is 5.84 Å². The van der Waals surface area contributed by atoms with Gasteiger partial charge >= 0.3 is 0 Å². The number of aryl methyl sites for hydroxylation is 3. The third-order valence-corrected chi connectivity index (χ3v) is 4.33. The summed E-state index contributed by atoms with van der Waals surface area (Å²) < 4.78 is 2.06. The summed E-state index contributed by atoms with van der Waals surface area (Å²) in [6.07, 6.45) is 6.76. The minimum atomic E-state index is 0.219. The number of imidazole rings is 1. The SMILES string of the molecule is CCc1ccsc1C(CCc1nccn1C)NN. The largest absolute Gasteiger partial charge is 0.338 e. The van der Waals surface area contributed by atoms with Gasteiger partial charge in [0, 0.05) is 30.7 Å². The van der Waals surface area contributed by atoms with Crippen LogP contribution < -0.4 is 11.3 Å². The van der Waals surface area contributed by atoms with Gasteiger partial charge < -0.3 is 4.57 Å². The Hall–Kier alpha value is -1.17. The van der Waals surface area contributed by atoms with Gasteiger partial charge in [-0.1, -0.05) is 6.92 Å². The molecule has 0 bridgehead atoms. The van der Waals surface area contributed by atoms with E-state index < -0.39 is 0 Å². The molecule has 98 valence electrons. The number of nitrogens with two attached hydrogens (primary N) is 1. The molecule has 2 aromatic heterocycles. The van der Waals surface area contributed by atoms with Crippen molar-refractivity contribution in [1.82, 2.24) is 15.0 Å². The van der Waals surface area contributed by atoms with Gasteiger partial charge in [0.15, 0.2) is 0 Å². The van der Waals surface area contributed by atoms with Crippen molar-refractivity contribution in [3.8, 4) is 0 Å². The van der Waals surface area contributed by atoms with E-state index >= 15 is 0 Å². The standard InChI is InChI=1S/C13H20N4S/c1-3-10-6-9-18-13(10)11(16-14)4-5-12-15-7-8-17(12)2/h6-9,11,16H,3-5,14H2,1-2H3. The molecule has 0 aliphatic carbocycles. The Morgan fingerprint density at radius 3 is 3.00 bits per heavy atom. The number of hydrogen-bond donors (Lipinski definition) is 2. The van der Waals surface area contributed by atoms with Gasteiger partial charge in [0.05, 0.1) is 6.04 Å². The second-order valence-electron chi connectivity index (χ2n) is 4.38. The molecule has 4 nitrogen and oxygen atoms in total. The number of nitrogens with zero attached hydrogens (tertiary/aromatic N) is 2. The lowest BCUT2D eigenvalue weighted by Crippen LogP contribution is -2.28. The zero-order valence-corrected chi connectivity index (χ0v) is 11.7. The molecule has 0 fully saturated rings. The van der Waals surface area contributed by atoms with Gasteiger partial charge in [-0.2, -0.15) is 0 Å². The first-order valence-corrected chi connectivity index (χ1v) is 7.12. The van der Waals surface area contributed by atoms with Crippen LogP contribution in [0, 0.1) is 0 Å². The molecule has 18 heavy (non-hydrogen) atoms. The van der Waals surface area contributed by atoms with E-state index in [1.54, 1.807) is 11.3 Å². The van der Waals surface area contributed by atoms with E-state index in [0.29, 0.717) is 0 Å². The maximum Gasteiger partial charge on any atom is 0.108 e. The van der Waals surface area contributed by atoms with E-state index in [9.17, 15) is 0 Å². The van der Waals surface area contributed by atoms with Crippen LogP contribution in [0.2, 0.25) is 0 Å². The summed E-state index contributed by atoms with van der Waals surface area (Å²) in [5.41, 5.74) is 4.33. The molecule has 2 aromatic rings. The average molecular weight is 264 g/mol. The van der Waals surface area contributed by atoms with Crippen LogP contribution in [0.3, 0.4) is 0 Å². The molecule has 0 saturated carbocycles. The van der Waals surface area contributed by atoms with Crippen molar-refractivity contribution in [1.29, 1.82) is 0 Å². The molecule has 0 aliphatic heterocycles. The summed E-state index contributed by atoms with van der Waals surface area (Å²) in [5.74, 6) is 6.80. The zero-order valence-electron chi connectivity index (χ0n) is 10.9. The van der Waals surface area contributed by atoms with E-state index in [0.717, 1.165) is 25.1 Å². The highest BCUT2D eigenvalue weighted by Gasteiger charge is 2.15. The molecule has 5 heteroatoms. The average Bonchev–Trinajstić information content (AvgIpc) is 2.99. The number of thiophene rings is 1. The molecular weight excluding hydrogens is 244 g/mol. The van der Waals surface area contributed by atoms with Crippen LogP contribution in [-0.4, -0.2) is 9.55 Å². The van der Waals surface area contributed by atoms with Crippen LogP contribution in [0.5, 0.6) is 0 Å². The number of nitrogens with one attached hydrogen (secondary N) is 1. The topological polar surface area (TPSA) is 55.9 Å². The minimum Gasteiger partial charge on any atom is -0.338 e. The highest BCUT2D eigenvalue weighted by Crippen LogP contribution is 2.27. The molecular formula is C13H20N4S. The van der Waals surface area contributed by atoms with Gasteiger partial charge in [-0.3, -0.25) is 11.3 Å². The Bertz CT molecular complexity index is 489. The fourth-order valence-corrected chi connectivity index (χ4v) is 3.24. The smallest absolute Gasteiger partial charge is 0.108 e. The van der Waals surface area contributed by atoms with E-state index in [1.165, 1.54) is 10.4 Å². The van der Waals surface area contributed by atoms with Crippen LogP contribution >= 0.6 is 11.3 Å². The summed E-state index contributed by atoms with van der Waals surface area (Å²) in [6, 6.07) is 2.40. The zero-order chi connectivity index (χ0) is 13.0. The fraction of sp³-hybridized carbons (Fsp3) is 0.462. The van der Waals surface area contributed by atoms with Crippen LogP contribution in [-0.2, 0) is 19.9 Å². The molecule has 0 saturated heterocycles. The fourth-order valence-electron chi connectivity index (χ4n) is 2.15. The van der Waals surface area contributed by atoms with Gasteiger partial charge in [0.2, 0.25) is 0 Å². The normalized spacial score (nSPS) is 12.8. The summed E-state index contributed by atoms with van der Waals surface area (Å²) in [7, 11) is 2.02. The van der Waals surface area contributed by atoms with Crippen molar-refractivity contribution in [2.75, 3.05) is 0 Å². The second-order valence-corrected chi connectivity index (χ2v) is 5.32. The van der Waals surface area contributed by atoms with Crippen LogP contribution in [0.25, 0.3) is 0 Å². The van der Waals surface area contributed by atoms with Gasteiger partial charge in [-0.05, 0) is 29.9 Å². The number of hydrazine groups is 1. The van der Waals surface area contributed by atoms with Crippen molar-refractivity contribution in [3.05, 3.63) is 40.1 Å². The van der Waals surface area contributed by atoms with Crippen molar-refractivity contribution >= 4 is 11.3 Å². The molecule has 0 aromatic carbocycles. The van der Waals surface area contributed by atoms with Crippen LogP contribution in [0.15, 0.2) is 23.8 Å². The van der Waals surface area contributed by atoms with E-state index in [1.807, 2.05) is 19.4 Å². The third kappa shape index (κ3) is 2.80. The Balaban J connectivity index is 2.04. The Morgan fingerprint density at radius 2 is 2.39 bits per heavy atom. The maximum atomic E-state index is 5.69. The van der Waals surface area contributed by atoms with Crippen molar-refractivity contribution in [2.45, 2.75) is 32.2 Å². The van der Waals surface area contributed by atoms with E-state index in [-0.39, 0.29) is 6.04 Å². The van der Waals surface area contributed by atoms with Crippen molar-refractivity contribution < 1.29 is 0 Å². The maximum absolute atomic E-state index is 5.69. The van der Waals surface area contributed by atoms with Gasteiger partial charge in [0.25, 0.3) is 0 Å². The van der Waals surface area contributed by atoms with Gasteiger partial charge in [0.1, 0.15) is 5.82 Å². The number of rotatable bonds is 6. The Morgan fingerprint density at radius 1 is 1.56 bits per heavy atom. The predicted molar refractivity (Wildman–Crippen MR) is 75.3 cm³/mol. The highest BCUT2D eigenvalue weighted by atomic mass is 32.1. The first kappa shape index (κ1) is 13.3. The monoisotopic (exact) mass is 264 g/mol. The van der Waals surface area contributed by atoms with E-state index in [2.05, 4.69) is 33.3 Å². The second kappa shape index (κ2) is 6.13. The summed E-state index contributed by atoms with van der Waals surface area (Å²) in [4.78, 5) is 5.70. The molecule has 0 radical (unpaired) electrons. The third-order valence-electron chi connectivity index (χ3n) is 3.26. The summed E-state index contributed by atoms with van der Waals surface area (Å²) in [6.45, 7) is 2.18. The van der Waals surface area contributed by atoms with Crippen molar-refractivity contribution in [3.63, 3.8) is 0 Å². The lowest BCUT2D eigenvalue weighted by molar-refractivity contribution is 0.511. The van der Waals surface area contributed by atoms with Gasteiger partial charge in [-0.15, -0.1) is 11.3 Å². The van der Waals surface area contributed by atoms with Gasteiger partial charge in [-0.25, -0.2) is 4.98 Å². The predicted octanol–water partition coefficient (Wildman–Crippen LogP) is 2.18. The molecule has 3 N–H and O–H groups in total. The Labute approximate surface area is 112 Å². The first-order valence-electron chi connectivity index (χ1n) is 6.24. The lowest BCUT2D eigenvalue weighted by Gasteiger charge is -2.16. The lowest BCUT2D eigenvalue weighted by atomic mass is 10.1. The molecule has 0 spiro atoms.